The van der Waals surface area contributed by atoms with Crippen LogP contribution in [0.15, 0.2) is 23.4 Å². The first-order valence-corrected chi connectivity index (χ1v) is 5.88. The summed E-state index contributed by atoms with van der Waals surface area (Å²) in [6, 6.07) is 4.14. The van der Waals surface area contributed by atoms with Crippen molar-refractivity contribution in [3.05, 3.63) is 35.1 Å². The SMILES string of the molecule is CC(C)CCOCc1ccc(F)cc1C(N)=NO. The van der Waals surface area contributed by atoms with E-state index in [0.29, 0.717) is 30.3 Å². The largest absolute Gasteiger partial charge is 0.409 e. The molecular weight excluding hydrogens is 235 g/mol. The van der Waals surface area contributed by atoms with E-state index in [2.05, 4.69) is 19.0 Å². The number of amidine groups is 1. The first kappa shape index (κ1) is 14.4. The average molecular weight is 254 g/mol. The third kappa shape index (κ3) is 4.33. The maximum Gasteiger partial charge on any atom is 0.170 e. The molecule has 100 valence electrons. The van der Waals surface area contributed by atoms with Crippen LogP contribution in [0.5, 0.6) is 0 Å². The highest BCUT2D eigenvalue weighted by molar-refractivity contribution is 5.98. The second kappa shape index (κ2) is 6.96. The number of rotatable bonds is 6. The molecule has 1 aromatic rings. The highest BCUT2D eigenvalue weighted by Gasteiger charge is 2.09. The molecule has 0 aromatic heterocycles. The van der Waals surface area contributed by atoms with Crippen LogP contribution in [0.1, 0.15) is 31.4 Å². The van der Waals surface area contributed by atoms with Crippen LogP contribution >= 0.6 is 0 Å². The van der Waals surface area contributed by atoms with E-state index in [1.807, 2.05) is 0 Å². The monoisotopic (exact) mass is 254 g/mol. The smallest absolute Gasteiger partial charge is 0.170 e. The zero-order valence-corrected chi connectivity index (χ0v) is 10.7. The highest BCUT2D eigenvalue weighted by Crippen LogP contribution is 2.13. The van der Waals surface area contributed by atoms with Crippen LogP contribution in [0.3, 0.4) is 0 Å². The van der Waals surface area contributed by atoms with Gasteiger partial charge >= 0.3 is 0 Å². The summed E-state index contributed by atoms with van der Waals surface area (Å²) in [5, 5.41) is 11.5. The predicted molar refractivity (Wildman–Crippen MR) is 68.0 cm³/mol. The third-order valence-corrected chi connectivity index (χ3v) is 2.55. The number of nitrogens with zero attached hydrogens (tertiary/aromatic N) is 1. The van der Waals surface area contributed by atoms with Crippen LogP contribution in [-0.2, 0) is 11.3 Å². The van der Waals surface area contributed by atoms with Crippen molar-refractivity contribution < 1.29 is 14.3 Å². The normalized spacial score (nSPS) is 12.1. The lowest BCUT2D eigenvalue weighted by atomic mass is 10.1. The summed E-state index contributed by atoms with van der Waals surface area (Å²) in [4.78, 5) is 0. The van der Waals surface area contributed by atoms with Crippen molar-refractivity contribution in [2.24, 2.45) is 16.8 Å². The van der Waals surface area contributed by atoms with E-state index in [4.69, 9.17) is 15.7 Å². The van der Waals surface area contributed by atoms with Gasteiger partial charge in [-0.3, -0.25) is 0 Å². The molecule has 0 fully saturated rings. The van der Waals surface area contributed by atoms with E-state index >= 15 is 0 Å². The summed E-state index contributed by atoms with van der Waals surface area (Å²) < 4.78 is 18.6. The quantitative estimate of drug-likeness (QED) is 0.269. The summed E-state index contributed by atoms with van der Waals surface area (Å²) in [5.41, 5.74) is 6.56. The molecule has 5 heteroatoms. The lowest BCUT2D eigenvalue weighted by Crippen LogP contribution is -2.16. The van der Waals surface area contributed by atoms with Crippen molar-refractivity contribution in [3.8, 4) is 0 Å². The van der Waals surface area contributed by atoms with Gasteiger partial charge in [0.15, 0.2) is 5.84 Å². The molecule has 0 spiro atoms. The third-order valence-electron chi connectivity index (χ3n) is 2.55. The fourth-order valence-electron chi connectivity index (χ4n) is 1.47. The van der Waals surface area contributed by atoms with Crippen molar-refractivity contribution in [2.75, 3.05) is 6.61 Å². The second-order valence-corrected chi connectivity index (χ2v) is 4.52. The van der Waals surface area contributed by atoms with Crippen LogP contribution in [-0.4, -0.2) is 17.6 Å². The lowest BCUT2D eigenvalue weighted by Gasteiger charge is -2.10. The second-order valence-electron chi connectivity index (χ2n) is 4.52. The molecule has 0 saturated heterocycles. The predicted octanol–water partition coefficient (Wildman–Crippen LogP) is 2.48. The average Bonchev–Trinajstić information content (AvgIpc) is 2.34. The molecule has 0 radical (unpaired) electrons. The molecule has 18 heavy (non-hydrogen) atoms. The summed E-state index contributed by atoms with van der Waals surface area (Å²) in [5.74, 6) is 0.0289. The summed E-state index contributed by atoms with van der Waals surface area (Å²) in [6.07, 6.45) is 0.958. The maximum atomic E-state index is 13.1. The van der Waals surface area contributed by atoms with Crippen LogP contribution < -0.4 is 5.73 Å². The van der Waals surface area contributed by atoms with Crippen LogP contribution in [0, 0.1) is 11.7 Å². The lowest BCUT2D eigenvalue weighted by molar-refractivity contribution is 0.110. The topological polar surface area (TPSA) is 67.8 Å². The molecule has 0 unspecified atom stereocenters. The first-order valence-electron chi connectivity index (χ1n) is 5.88. The molecule has 0 aliphatic heterocycles. The van der Waals surface area contributed by atoms with Crippen molar-refractivity contribution in [3.63, 3.8) is 0 Å². The van der Waals surface area contributed by atoms with E-state index in [9.17, 15) is 4.39 Å². The highest BCUT2D eigenvalue weighted by atomic mass is 19.1. The Balaban J connectivity index is 2.70. The Morgan fingerprint density at radius 3 is 2.83 bits per heavy atom. The van der Waals surface area contributed by atoms with Crippen molar-refractivity contribution >= 4 is 5.84 Å². The van der Waals surface area contributed by atoms with E-state index in [0.717, 1.165) is 6.42 Å². The Labute approximate surface area is 106 Å². The minimum absolute atomic E-state index is 0.114. The van der Waals surface area contributed by atoms with E-state index in [-0.39, 0.29) is 5.84 Å². The van der Waals surface area contributed by atoms with Gasteiger partial charge in [-0.2, -0.15) is 0 Å². The number of hydrogen-bond acceptors (Lipinski definition) is 3. The summed E-state index contributed by atoms with van der Waals surface area (Å²) in [6.45, 7) is 5.18. The molecule has 0 saturated carbocycles. The van der Waals surface area contributed by atoms with Crippen molar-refractivity contribution in [1.82, 2.24) is 0 Å². The van der Waals surface area contributed by atoms with Gasteiger partial charge in [0.1, 0.15) is 5.82 Å². The Kier molecular flexibility index (Phi) is 5.58. The molecule has 0 amide bonds. The first-order chi connectivity index (χ1) is 8.54. The van der Waals surface area contributed by atoms with Gasteiger partial charge in [-0.25, -0.2) is 4.39 Å². The molecule has 0 aliphatic rings. The van der Waals surface area contributed by atoms with E-state index in [1.165, 1.54) is 12.1 Å². The van der Waals surface area contributed by atoms with Gasteiger partial charge in [0, 0.05) is 12.2 Å². The molecule has 3 N–H and O–H groups in total. The van der Waals surface area contributed by atoms with Gasteiger partial charge < -0.3 is 15.7 Å². The number of hydrogen-bond donors (Lipinski definition) is 2. The van der Waals surface area contributed by atoms with Gasteiger partial charge in [-0.1, -0.05) is 25.1 Å². The van der Waals surface area contributed by atoms with Gasteiger partial charge in [-0.15, -0.1) is 0 Å². The minimum atomic E-state index is -0.428. The Bertz CT molecular complexity index is 419. The number of oxime groups is 1. The Hall–Kier alpha value is -1.62. The minimum Gasteiger partial charge on any atom is -0.409 e. The van der Waals surface area contributed by atoms with Gasteiger partial charge in [-0.05, 0) is 30.0 Å². The Morgan fingerprint density at radius 2 is 2.22 bits per heavy atom. The zero-order valence-electron chi connectivity index (χ0n) is 10.7. The fourth-order valence-corrected chi connectivity index (χ4v) is 1.47. The molecule has 4 nitrogen and oxygen atoms in total. The zero-order chi connectivity index (χ0) is 13.5. The summed E-state index contributed by atoms with van der Waals surface area (Å²) >= 11 is 0. The molecular formula is C13H19FN2O2. The van der Waals surface area contributed by atoms with E-state index < -0.39 is 5.82 Å². The van der Waals surface area contributed by atoms with Crippen LogP contribution in [0.4, 0.5) is 4.39 Å². The molecule has 0 bridgehead atoms. The number of benzene rings is 1. The van der Waals surface area contributed by atoms with Crippen molar-refractivity contribution in [1.29, 1.82) is 0 Å². The Morgan fingerprint density at radius 1 is 1.50 bits per heavy atom. The number of halogens is 1. The summed E-state index contributed by atoms with van der Waals surface area (Å²) in [7, 11) is 0. The molecule has 0 heterocycles. The van der Waals surface area contributed by atoms with E-state index in [1.54, 1.807) is 6.07 Å². The maximum absolute atomic E-state index is 13.1. The van der Waals surface area contributed by atoms with Gasteiger partial charge in [0.25, 0.3) is 0 Å². The fraction of sp³-hybridized carbons (Fsp3) is 0.462. The van der Waals surface area contributed by atoms with Gasteiger partial charge in [0.2, 0.25) is 0 Å². The molecule has 1 rings (SSSR count). The molecule has 0 aliphatic carbocycles. The van der Waals surface area contributed by atoms with Crippen LogP contribution in [0.25, 0.3) is 0 Å². The standard InChI is InChI=1S/C13H19FN2O2/c1-9(2)5-6-18-8-10-3-4-11(14)7-12(10)13(15)16-17/h3-4,7,9,17H,5-6,8H2,1-2H3,(H2,15,16). The van der Waals surface area contributed by atoms with Gasteiger partial charge in [0.05, 0.1) is 6.61 Å². The molecule has 1 aromatic carbocycles. The number of nitrogens with two attached hydrogens (primary N) is 1. The molecule has 0 atom stereocenters. The van der Waals surface area contributed by atoms with Crippen molar-refractivity contribution in [2.45, 2.75) is 26.9 Å². The van der Waals surface area contributed by atoms with Crippen LogP contribution in [0.2, 0.25) is 0 Å². The number of ether oxygens (including phenoxy) is 1.